The molecule has 1 fully saturated rings. The number of carboxylic acids is 1. The molecule has 0 bridgehead atoms. The minimum absolute atomic E-state index is 0.218. The van der Waals surface area contributed by atoms with Crippen molar-refractivity contribution in [2.24, 2.45) is 0 Å². The van der Waals surface area contributed by atoms with Crippen molar-refractivity contribution < 1.29 is 39.5 Å². The summed E-state index contributed by atoms with van der Waals surface area (Å²) in [4.78, 5) is 21.9. The highest BCUT2D eigenvalue weighted by Crippen LogP contribution is 2.25. The lowest BCUT2D eigenvalue weighted by atomic mass is 9.99. The van der Waals surface area contributed by atoms with E-state index in [9.17, 15) is 24.9 Å². The molecule has 1 aliphatic heterocycles. The minimum Gasteiger partial charge on any atom is -0.479 e. The lowest BCUT2D eigenvalue weighted by Crippen LogP contribution is -2.61. The van der Waals surface area contributed by atoms with Crippen molar-refractivity contribution in [3.8, 4) is 5.75 Å². The van der Waals surface area contributed by atoms with Crippen LogP contribution in [0.3, 0.4) is 0 Å². The molecule has 0 unspecified atom stereocenters. The number of aliphatic hydroxyl groups excluding tert-OH is 3. The van der Waals surface area contributed by atoms with E-state index in [1.807, 2.05) is 0 Å². The van der Waals surface area contributed by atoms with Crippen molar-refractivity contribution in [3.63, 3.8) is 0 Å². The molecule has 0 aliphatic carbocycles. The van der Waals surface area contributed by atoms with Gasteiger partial charge in [-0.25, -0.2) is 4.79 Å². The highest BCUT2D eigenvalue weighted by molar-refractivity contribution is 5.88. The monoisotopic (exact) mass is 327 g/mol. The zero-order valence-electron chi connectivity index (χ0n) is 12.1. The summed E-state index contributed by atoms with van der Waals surface area (Å²) in [7, 11) is 0. The molecular formula is C14H17NO8. The van der Waals surface area contributed by atoms with Crippen molar-refractivity contribution in [1.29, 1.82) is 0 Å². The van der Waals surface area contributed by atoms with E-state index in [4.69, 9.17) is 14.6 Å². The number of carbonyl (C=O) groups excluding carboxylic acids is 1. The first kappa shape index (κ1) is 17.2. The maximum atomic E-state index is 11.0. The van der Waals surface area contributed by atoms with Crippen LogP contribution >= 0.6 is 0 Å². The summed E-state index contributed by atoms with van der Waals surface area (Å²) in [6, 6.07) is 6.00. The van der Waals surface area contributed by atoms with Gasteiger partial charge in [-0.05, 0) is 24.3 Å². The number of benzene rings is 1. The number of aliphatic hydroxyl groups is 3. The number of amides is 1. The summed E-state index contributed by atoms with van der Waals surface area (Å²) >= 11 is 0. The lowest BCUT2D eigenvalue weighted by Gasteiger charge is -2.38. The van der Waals surface area contributed by atoms with Gasteiger partial charge in [0.2, 0.25) is 12.2 Å². The van der Waals surface area contributed by atoms with Crippen molar-refractivity contribution in [2.75, 3.05) is 5.32 Å². The second kappa shape index (κ2) is 6.92. The highest BCUT2D eigenvalue weighted by atomic mass is 16.7. The van der Waals surface area contributed by atoms with Gasteiger partial charge in [-0.15, -0.1) is 0 Å². The largest absolute Gasteiger partial charge is 0.479 e. The van der Waals surface area contributed by atoms with Crippen LogP contribution in [0.15, 0.2) is 24.3 Å². The maximum absolute atomic E-state index is 11.0. The molecule has 23 heavy (non-hydrogen) atoms. The number of aliphatic carboxylic acids is 1. The SMILES string of the molecule is CC(=O)Nc1ccc(O[C@H]2O[C@@H](C(=O)O)[C@@H](O)[C@@H](O)[C@@H]2O)cc1. The molecule has 126 valence electrons. The Labute approximate surface area is 131 Å². The quantitative estimate of drug-likeness (QED) is 0.469. The molecule has 1 aliphatic rings. The van der Waals surface area contributed by atoms with Crippen molar-refractivity contribution in [2.45, 2.75) is 37.6 Å². The van der Waals surface area contributed by atoms with E-state index in [1.54, 1.807) is 0 Å². The smallest absolute Gasteiger partial charge is 0.335 e. The summed E-state index contributed by atoms with van der Waals surface area (Å²) in [5.41, 5.74) is 0.522. The van der Waals surface area contributed by atoms with Crippen LogP contribution in [0.2, 0.25) is 0 Å². The van der Waals surface area contributed by atoms with Crippen LogP contribution < -0.4 is 10.1 Å². The fourth-order valence-corrected chi connectivity index (χ4v) is 2.10. The number of hydrogen-bond acceptors (Lipinski definition) is 7. The van der Waals surface area contributed by atoms with Crippen LogP contribution in [0.1, 0.15) is 6.92 Å². The number of anilines is 1. The number of rotatable bonds is 4. The standard InChI is InChI=1S/C14H17NO8/c1-6(16)15-7-2-4-8(5-3-7)22-14-11(19)9(17)10(18)12(23-14)13(20)21/h2-5,9-12,14,17-19H,1H3,(H,15,16)(H,20,21)/t9-,10+,11+,12-,14+/m1/s1. The molecule has 1 aromatic rings. The Kier molecular flexibility index (Phi) is 5.16. The van der Waals surface area contributed by atoms with Gasteiger partial charge in [-0.1, -0.05) is 0 Å². The van der Waals surface area contributed by atoms with Gasteiger partial charge in [-0.2, -0.15) is 0 Å². The average molecular weight is 327 g/mol. The summed E-state index contributed by atoms with van der Waals surface area (Å²) in [5, 5.41) is 40.6. The fourth-order valence-electron chi connectivity index (χ4n) is 2.10. The van der Waals surface area contributed by atoms with Gasteiger partial charge in [0.15, 0.2) is 6.10 Å². The fraction of sp³-hybridized carbons (Fsp3) is 0.429. The zero-order valence-corrected chi connectivity index (χ0v) is 12.1. The molecule has 0 saturated carbocycles. The molecule has 0 radical (unpaired) electrons. The highest BCUT2D eigenvalue weighted by Gasteiger charge is 2.48. The summed E-state index contributed by atoms with van der Waals surface area (Å²) in [6.45, 7) is 1.36. The van der Waals surface area contributed by atoms with Crippen molar-refractivity contribution in [1.82, 2.24) is 0 Å². The molecule has 9 heteroatoms. The predicted molar refractivity (Wildman–Crippen MR) is 75.7 cm³/mol. The van der Waals surface area contributed by atoms with Gasteiger partial charge in [-0.3, -0.25) is 4.79 Å². The van der Waals surface area contributed by atoms with Crippen molar-refractivity contribution in [3.05, 3.63) is 24.3 Å². The van der Waals surface area contributed by atoms with E-state index in [0.29, 0.717) is 5.69 Å². The summed E-state index contributed by atoms with van der Waals surface area (Å²) < 4.78 is 10.3. The van der Waals surface area contributed by atoms with Gasteiger partial charge in [0.25, 0.3) is 0 Å². The van der Waals surface area contributed by atoms with Gasteiger partial charge in [0.1, 0.15) is 24.1 Å². The molecule has 2 rings (SSSR count). The Morgan fingerprint density at radius 3 is 2.22 bits per heavy atom. The van der Waals surface area contributed by atoms with Gasteiger partial charge in [0.05, 0.1) is 0 Å². The molecule has 5 N–H and O–H groups in total. The molecule has 1 amide bonds. The van der Waals surface area contributed by atoms with Crippen LogP contribution in [0, 0.1) is 0 Å². The molecular weight excluding hydrogens is 310 g/mol. The van der Waals surface area contributed by atoms with Gasteiger partial charge >= 0.3 is 5.97 Å². The minimum atomic E-state index is -1.77. The van der Waals surface area contributed by atoms with E-state index in [2.05, 4.69) is 5.32 Å². The van der Waals surface area contributed by atoms with Crippen LogP contribution in [0.5, 0.6) is 5.75 Å². The summed E-state index contributed by atoms with van der Waals surface area (Å²) in [6.07, 6.45) is -8.33. The van der Waals surface area contributed by atoms with E-state index in [1.165, 1.54) is 31.2 Å². The Balaban J connectivity index is 2.08. The molecule has 5 atom stereocenters. The molecule has 9 nitrogen and oxygen atoms in total. The van der Waals surface area contributed by atoms with Crippen LogP contribution in [0.25, 0.3) is 0 Å². The Morgan fingerprint density at radius 2 is 1.70 bits per heavy atom. The third kappa shape index (κ3) is 3.96. The average Bonchev–Trinajstić information content (AvgIpc) is 2.48. The maximum Gasteiger partial charge on any atom is 0.335 e. The van der Waals surface area contributed by atoms with Crippen LogP contribution in [0.4, 0.5) is 5.69 Å². The Morgan fingerprint density at radius 1 is 1.09 bits per heavy atom. The number of hydrogen-bond donors (Lipinski definition) is 5. The normalized spacial score (nSPS) is 30.5. The van der Waals surface area contributed by atoms with Gasteiger partial charge < -0.3 is 35.2 Å². The molecule has 0 spiro atoms. The number of carboxylic acid groups (broad SMARTS) is 1. The van der Waals surface area contributed by atoms with Gasteiger partial charge in [0, 0.05) is 12.6 Å². The Hall–Kier alpha value is -2.20. The Bertz CT molecular complexity index is 575. The van der Waals surface area contributed by atoms with E-state index >= 15 is 0 Å². The van der Waals surface area contributed by atoms with E-state index < -0.39 is 36.7 Å². The lowest BCUT2D eigenvalue weighted by molar-refractivity contribution is -0.271. The topological polar surface area (TPSA) is 146 Å². The first-order chi connectivity index (χ1) is 10.8. The van der Waals surface area contributed by atoms with Crippen molar-refractivity contribution >= 4 is 17.6 Å². The van der Waals surface area contributed by atoms with Crippen LogP contribution in [-0.4, -0.2) is 63.0 Å². The third-order valence-corrected chi connectivity index (χ3v) is 3.24. The number of nitrogens with one attached hydrogen (secondary N) is 1. The number of carbonyl (C=O) groups is 2. The zero-order chi connectivity index (χ0) is 17.1. The second-order valence-electron chi connectivity index (χ2n) is 5.06. The number of ether oxygens (including phenoxy) is 2. The first-order valence-corrected chi connectivity index (χ1v) is 6.76. The van der Waals surface area contributed by atoms with E-state index in [0.717, 1.165) is 0 Å². The second-order valence-corrected chi connectivity index (χ2v) is 5.06. The molecule has 1 saturated heterocycles. The van der Waals surface area contributed by atoms with E-state index in [-0.39, 0.29) is 11.7 Å². The molecule has 0 aromatic heterocycles. The first-order valence-electron chi connectivity index (χ1n) is 6.76. The predicted octanol–water partition coefficient (Wildman–Crippen LogP) is -1.08. The molecule has 1 heterocycles. The third-order valence-electron chi connectivity index (χ3n) is 3.24. The summed E-state index contributed by atoms with van der Waals surface area (Å²) in [5.74, 6) is -1.51. The van der Waals surface area contributed by atoms with Crippen LogP contribution in [-0.2, 0) is 14.3 Å². The molecule has 1 aromatic carbocycles.